The number of thioether (sulfide) groups is 1. The lowest BCUT2D eigenvalue weighted by molar-refractivity contribution is 0.0691. The second-order valence-corrected chi connectivity index (χ2v) is 7.29. The topological polar surface area (TPSA) is 37.3 Å². The van der Waals surface area contributed by atoms with E-state index in [2.05, 4.69) is 0 Å². The van der Waals surface area contributed by atoms with Gasteiger partial charge in [0.1, 0.15) is 5.82 Å². The number of hydrogen-bond donors (Lipinski definition) is 1. The monoisotopic (exact) mass is 294 g/mol. The van der Waals surface area contributed by atoms with Gasteiger partial charge < -0.3 is 5.11 Å². The quantitative estimate of drug-likeness (QED) is 0.875. The van der Waals surface area contributed by atoms with Crippen LogP contribution in [0.1, 0.15) is 55.3 Å². The van der Waals surface area contributed by atoms with Gasteiger partial charge in [0.2, 0.25) is 0 Å². The van der Waals surface area contributed by atoms with Crippen molar-refractivity contribution in [2.75, 3.05) is 0 Å². The zero-order valence-electron chi connectivity index (χ0n) is 11.4. The molecule has 0 radical (unpaired) electrons. The number of rotatable bonds is 3. The highest BCUT2D eigenvalue weighted by atomic mass is 32.2. The molecule has 108 valence electrons. The summed E-state index contributed by atoms with van der Waals surface area (Å²) in [6.45, 7) is 0. The number of hydrogen-bond acceptors (Lipinski definition) is 2. The van der Waals surface area contributed by atoms with Crippen LogP contribution in [-0.2, 0) is 0 Å². The van der Waals surface area contributed by atoms with Gasteiger partial charge in [0, 0.05) is 10.1 Å². The van der Waals surface area contributed by atoms with Crippen LogP contribution in [0.3, 0.4) is 0 Å². The van der Waals surface area contributed by atoms with Gasteiger partial charge in [0.05, 0.1) is 5.56 Å². The maximum atomic E-state index is 13.4. The Hall–Kier alpha value is -1.03. The molecule has 0 heterocycles. The highest BCUT2D eigenvalue weighted by Crippen LogP contribution is 2.57. The Morgan fingerprint density at radius 3 is 2.60 bits per heavy atom. The summed E-state index contributed by atoms with van der Waals surface area (Å²) in [6.07, 6.45) is 9.10. The van der Waals surface area contributed by atoms with Gasteiger partial charge in [-0.05, 0) is 49.3 Å². The van der Waals surface area contributed by atoms with E-state index in [1.807, 2.05) is 0 Å². The van der Waals surface area contributed by atoms with E-state index in [1.165, 1.54) is 57.1 Å². The molecule has 0 aromatic heterocycles. The fourth-order valence-electron chi connectivity index (χ4n) is 3.59. The molecule has 4 heteroatoms. The second-order valence-electron chi connectivity index (χ2n) is 6.02. The first-order valence-corrected chi connectivity index (χ1v) is 8.18. The first-order valence-electron chi connectivity index (χ1n) is 7.30. The molecule has 0 aliphatic heterocycles. The van der Waals surface area contributed by atoms with Gasteiger partial charge in [-0.2, -0.15) is 0 Å². The zero-order chi connectivity index (χ0) is 14.2. The Labute approximate surface area is 122 Å². The Morgan fingerprint density at radius 2 is 2.00 bits per heavy atom. The summed E-state index contributed by atoms with van der Waals surface area (Å²) in [5, 5.41) is 9.57. The minimum Gasteiger partial charge on any atom is -0.478 e. The summed E-state index contributed by atoms with van der Waals surface area (Å²) in [5.41, 5.74) is 0.257. The van der Waals surface area contributed by atoms with E-state index in [0.29, 0.717) is 10.7 Å². The van der Waals surface area contributed by atoms with E-state index in [4.69, 9.17) is 5.11 Å². The second kappa shape index (κ2) is 5.40. The standard InChI is InChI=1S/C16H19FO2S/c17-13-5-4-11(10-12(13)15(18)19)20-14-6-9-16(14)7-2-1-3-8-16/h4-5,10,14H,1-3,6-9H2,(H,18,19). The van der Waals surface area contributed by atoms with Gasteiger partial charge in [-0.1, -0.05) is 19.3 Å². The van der Waals surface area contributed by atoms with Crippen LogP contribution in [0.2, 0.25) is 0 Å². The highest BCUT2D eigenvalue weighted by molar-refractivity contribution is 8.00. The van der Waals surface area contributed by atoms with Crippen LogP contribution in [0.4, 0.5) is 4.39 Å². The lowest BCUT2D eigenvalue weighted by atomic mass is 9.60. The van der Waals surface area contributed by atoms with Gasteiger partial charge in [-0.25, -0.2) is 9.18 Å². The number of carboxylic acid groups (broad SMARTS) is 1. The van der Waals surface area contributed by atoms with Crippen LogP contribution < -0.4 is 0 Å². The summed E-state index contributed by atoms with van der Waals surface area (Å²) < 4.78 is 13.4. The van der Waals surface area contributed by atoms with Crippen molar-refractivity contribution < 1.29 is 14.3 Å². The van der Waals surface area contributed by atoms with E-state index in [-0.39, 0.29) is 5.56 Å². The van der Waals surface area contributed by atoms with Crippen molar-refractivity contribution in [3.05, 3.63) is 29.6 Å². The fourth-order valence-corrected chi connectivity index (χ4v) is 5.09. The molecule has 2 aliphatic rings. The molecule has 2 fully saturated rings. The summed E-state index contributed by atoms with van der Waals surface area (Å²) in [4.78, 5) is 11.9. The Kier molecular flexibility index (Phi) is 3.76. The minimum absolute atomic E-state index is 0.216. The molecule has 1 aromatic rings. The smallest absolute Gasteiger partial charge is 0.338 e. The predicted molar refractivity (Wildman–Crippen MR) is 77.8 cm³/mol. The van der Waals surface area contributed by atoms with Crippen LogP contribution in [0.25, 0.3) is 0 Å². The zero-order valence-corrected chi connectivity index (χ0v) is 12.2. The fraction of sp³-hybridized carbons (Fsp3) is 0.562. The average molecular weight is 294 g/mol. The number of aromatic carboxylic acids is 1. The summed E-state index contributed by atoms with van der Waals surface area (Å²) in [7, 11) is 0. The third-order valence-corrected chi connectivity index (χ3v) is 6.43. The largest absolute Gasteiger partial charge is 0.478 e. The first-order chi connectivity index (χ1) is 9.61. The molecule has 2 saturated carbocycles. The maximum Gasteiger partial charge on any atom is 0.338 e. The molecular weight excluding hydrogens is 275 g/mol. The molecule has 1 spiro atoms. The van der Waals surface area contributed by atoms with Crippen LogP contribution in [0.15, 0.2) is 23.1 Å². The van der Waals surface area contributed by atoms with Crippen molar-refractivity contribution >= 4 is 17.7 Å². The van der Waals surface area contributed by atoms with Gasteiger partial charge in [0.15, 0.2) is 0 Å². The van der Waals surface area contributed by atoms with Crippen molar-refractivity contribution in [2.45, 2.75) is 55.1 Å². The number of carbonyl (C=O) groups is 1. The van der Waals surface area contributed by atoms with Crippen molar-refractivity contribution in [2.24, 2.45) is 5.41 Å². The van der Waals surface area contributed by atoms with E-state index in [9.17, 15) is 9.18 Å². The minimum atomic E-state index is -1.19. The third-order valence-electron chi connectivity index (χ3n) is 4.88. The van der Waals surface area contributed by atoms with Crippen LogP contribution in [0.5, 0.6) is 0 Å². The lowest BCUT2D eigenvalue weighted by Crippen LogP contribution is -2.44. The SMILES string of the molecule is O=C(O)c1cc(SC2CCC23CCCCC3)ccc1F. The Bertz CT molecular complexity index is 523. The first kappa shape index (κ1) is 13.9. The maximum absolute atomic E-state index is 13.4. The summed E-state index contributed by atoms with van der Waals surface area (Å²) >= 11 is 1.75. The van der Waals surface area contributed by atoms with Crippen molar-refractivity contribution in [3.8, 4) is 0 Å². The lowest BCUT2D eigenvalue weighted by Gasteiger charge is -2.52. The molecular formula is C16H19FO2S. The van der Waals surface area contributed by atoms with Gasteiger partial charge in [-0.3, -0.25) is 0 Å². The molecule has 1 N–H and O–H groups in total. The molecule has 0 saturated heterocycles. The van der Waals surface area contributed by atoms with E-state index >= 15 is 0 Å². The van der Waals surface area contributed by atoms with E-state index < -0.39 is 11.8 Å². The molecule has 1 aromatic carbocycles. The van der Waals surface area contributed by atoms with Gasteiger partial charge >= 0.3 is 5.97 Å². The van der Waals surface area contributed by atoms with Crippen LogP contribution >= 0.6 is 11.8 Å². The molecule has 20 heavy (non-hydrogen) atoms. The Balaban J connectivity index is 1.75. The number of carboxylic acids is 1. The molecule has 1 unspecified atom stereocenters. The predicted octanol–water partition coefficient (Wildman–Crippen LogP) is 4.73. The summed E-state index contributed by atoms with van der Waals surface area (Å²) in [6, 6.07) is 4.47. The molecule has 0 amide bonds. The number of benzene rings is 1. The van der Waals surface area contributed by atoms with Crippen LogP contribution in [0, 0.1) is 11.2 Å². The normalized spacial score (nSPS) is 24.4. The molecule has 2 aliphatic carbocycles. The van der Waals surface area contributed by atoms with E-state index in [0.717, 1.165) is 4.90 Å². The average Bonchev–Trinajstić information content (AvgIpc) is 2.45. The summed E-state index contributed by atoms with van der Waals surface area (Å²) in [5.74, 6) is -1.84. The number of halogens is 1. The van der Waals surface area contributed by atoms with Crippen molar-refractivity contribution in [1.29, 1.82) is 0 Å². The molecule has 2 nitrogen and oxygen atoms in total. The molecule has 1 atom stereocenters. The van der Waals surface area contributed by atoms with Crippen LogP contribution in [-0.4, -0.2) is 16.3 Å². The van der Waals surface area contributed by atoms with Gasteiger partial charge in [0.25, 0.3) is 0 Å². The van der Waals surface area contributed by atoms with Crippen molar-refractivity contribution in [1.82, 2.24) is 0 Å². The van der Waals surface area contributed by atoms with E-state index in [1.54, 1.807) is 17.8 Å². The molecule has 0 bridgehead atoms. The third kappa shape index (κ3) is 2.46. The highest BCUT2D eigenvalue weighted by Gasteiger charge is 2.47. The Morgan fingerprint density at radius 1 is 1.25 bits per heavy atom. The van der Waals surface area contributed by atoms with Gasteiger partial charge in [-0.15, -0.1) is 11.8 Å². The van der Waals surface area contributed by atoms with Crippen molar-refractivity contribution in [3.63, 3.8) is 0 Å². The molecule has 3 rings (SSSR count).